The molecule has 0 saturated carbocycles. The largest absolute Gasteiger partial charge is 0.497 e. The lowest BCUT2D eigenvalue weighted by atomic mass is 9.92. The molecule has 1 aliphatic heterocycles. The van der Waals surface area contributed by atoms with E-state index in [1.165, 1.54) is 10.9 Å². The second-order valence-corrected chi connectivity index (χ2v) is 7.82. The van der Waals surface area contributed by atoms with Crippen molar-refractivity contribution in [3.63, 3.8) is 0 Å². The van der Waals surface area contributed by atoms with E-state index in [0.717, 1.165) is 28.9 Å². The Hall–Kier alpha value is -3.93. The first-order valence-corrected chi connectivity index (χ1v) is 10.6. The Morgan fingerprint density at radius 1 is 1.00 bits per heavy atom. The highest BCUT2D eigenvalue weighted by atomic mass is 16.5. The molecule has 2 amide bonds. The molecule has 0 aliphatic carbocycles. The van der Waals surface area contributed by atoms with Crippen molar-refractivity contribution in [2.24, 2.45) is 0 Å². The van der Waals surface area contributed by atoms with Crippen LogP contribution in [0.25, 0.3) is 10.9 Å². The van der Waals surface area contributed by atoms with Gasteiger partial charge in [0.15, 0.2) is 0 Å². The number of fused-ring (bicyclic) bond motifs is 3. The molecule has 0 spiro atoms. The van der Waals surface area contributed by atoms with Gasteiger partial charge in [-0.1, -0.05) is 42.5 Å². The number of carbonyl (C=O) groups excluding carboxylic acids is 1. The van der Waals surface area contributed by atoms with Crippen molar-refractivity contribution in [3.05, 3.63) is 89.6 Å². The number of rotatable bonds is 4. The number of aromatic amines is 1. The van der Waals surface area contributed by atoms with Gasteiger partial charge in [-0.3, -0.25) is 0 Å². The molecule has 2 N–H and O–H groups in total. The second-order valence-electron chi connectivity index (χ2n) is 7.82. The van der Waals surface area contributed by atoms with Crippen LogP contribution in [0.1, 0.15) is 22.9 Å². The summed E-state index contributed by atoms with van der Waals surface area (Å²) in [6.07, 6.45) is 0.777. The fourth-order valence-corrected chi connectivity index (χ4v) is 4.55. The number of amides is 2. The summed E-state index contributed by atoms with van der Waals surface area (Å²) in [6, 6.07) is 23.2. The third-order valence-electron chi connectivity index (χ3n) is 6.05. The topological polar surface area (TPSA) is 66.6 Å². The Kier molecular flexibility index (Phi) is 5.19. The number of anilines is 1. The number of hydrogen-bond donors (Lipinski definition) is 2. The molecule has 5 rings (SSSR count). The zero-order valence-electron chi connectivity index (χ0n) is 18.1. The van der Waals surface area contributed by atoms with E-state index in [9.17, 15) is 4.79 Å². The minimum atomic E-state index is -0.268. The summed E-state index contributed by atoms with van der Waals surface area (Å²) in [4.78, 5) is 19.0. The van der Waals surface area contributed by atoms with Crippen LogP contribution in [0.4, 0.5) is 10.5 Å². The van der Waals surface area contributed by atoms with Crippen LogP contribution in [0.3, 0.4) is 0 Å². The average Bonchev–Trinajstić information content (AvgIpc) is 3.22. The van der Waals surface area contributed by atoms with E-state index in [4.69, 9.17) is 9.47 Å². The normalized spacial score (nSPS) is 15.3. The molecule has 1 aliphatic rings. The van der Waals surface area contributed by atoms with Crippen molar-refractivity contribution in [2.75, 3.05) is 26.1 Å². The van der Waals surface area contributed by atoms with Crippen LogP contribution in [0.15, 0.2) is 72.8 Å². The molecular weight excluding hydrogens is 402 g/mol. The van der Waals surface area contributed by atoms with Crippen molar-refractivity contribution in [2.45, 2.75) is 12.5 Å². The third-order valence-corrected chi connectivity index (χ3v) is 6.05. The summed E-state index contributed by atoms with van der Waals surface area (Å²) in [5.74, 6) is 1.39. The van der Waals surface area contributed by atoms with Crippen LogP contribution in [0.2, 0.25) is 0 Å². The number of para-hydroxylation sites is 3. The summed E-state index contributed by atoms with van der Waals surface area (Å²) >= 11 is 0. The van der Waals surface area contributed by atoms with Gasteiger partial charge in [0, 0.05) is 23.1 Å². The van der Waals surface area contributed by atoms with Crippen LogP contribution >= 0.6 is 0 Å². The highest BCUT2D eigenvalue weighted by Crippen LogP contribution is 2.39. The van der Waals surface area contributed by atoms with Crippen LogP contribution < -0.4 is 14.8 Å². The lowest BCUT2D eigenvalue weighted by Crippen LogP contribution is -2.43. The highest BCUT2D eigenvalue weighted by molar-refractivity contribution is 5.92. The molecule has 3 aromatic carbocycles. The van der Waals surface area contributed by atoms with E-state index in [0.29, 0.717) is 18.0 Å². The first-order chi connectivity index (χ1) is 15.7. The maximum atomic E-state index is 13.5. The summed E-state index contributed by atoms with van der Waals surface area (Å²) < 4.78 is 10.9. The van der Waals surface area contributed by atoms with Gasteiger partial charge >= 0.3 is 6.03 Å². The first kappa shape index (κ1) is 20.0. The summed E-state index contributed by atoms with van der Waals surface area (Å²) in [5, 5.41) is 4.25. The van der Waals surface area contributed by atoms with Crippen LogP contribution in [-0.4, -0.2) is 36.7 Å². The molecule has 1 atom stereocenters. The average molecular weight is 428 g/mol. The maximum Gasteiger partial charge on any atom is 0.322 e. The molecule has 6 heteroatoms. The van der Waals surface area contributed by atoms with Crippen molar-refractivity contribution in [1.82, 2.24) is 9.88 Å². The zero-order chi connectivity index (χ0) is 22.1. The number of hydrogen-bond acceptors (Lipinski definition) is 3. The van der Waals surface area contributed by atoms with Gasteiger partial charge in [-0.05, 0) is 47.9 Å². The molecule has 2 heterocycles. The number of urea groups is 1. The summed E-state index contributed by atoms with van der Waals surface area (Å²) in [6.45, 7) is 0.595. The van der Waals surface area contributed by atoms with Gasteiger partial charge in [-0.2, -0.15) is 0 Å². The number of aromatic nitrogens is 1. The minimum absolute atomic E-state index is 0.174. The number of methoxy groups -OCH3 is 2. The van der Waals surface area contributed by atoms with Gasteiger partial charge in [0.1, 0.15) is 11.5 Å². The molecule has 0 fully saturated rings. The van der Waals surface area contributed by atoms with E-state index >= 15 is 0 Å². The van der Waals surface area contributed by atoms with Gasteiger partial charge in [0.05, 0.1) is 25.9 Å². The van der Waals surface area contributed by atoms with Crippen LogP contribution in [0, 0.1) is 0 Å². The quantitative estimate of drug-likeness (QED) is 0.460. The minimum Gasteiger partial charge on any atom is -0.497 e. The number of carbonyl (C=O) groups is 1. The van der Waals surface area contributed by atoms with Gasteiger partial charge in [-0.25, -0.2) is 4.79 Å². The number of ether oxygens (including phenoxy) is 2. The standard InChI is InChI=1S/C26H25N3O3/c1-31-18-9-7-8-17(16-18)25-24-20(19-10-3-4-11-21(19)27-24)14-15-29(25)26(30)28-22-12-5-6-13-23(22)32-2/h3-13,16,25,27H,14-15H2,1-2H3,(H,28,30)/t25-/m1/s1. The van der Waals surface area contributed by atoms with Gasteiger partial charge < -0.3 is 24.7 Å². The Balaban J connectivity index is 1.59. The molecule has 4 aromatic rings. The fourth-order valence-electron chi connectivity index (χ4n) is 4.55. The predicted octanol–water partition coefficient (Wildman–Crippen LogP) is 5.36. The molecule has 0 radical (unpaired) electrons. The molecule has 0 bridgehead atoms. The SMILES string of the molecule is COc1cccc([C@@H]2c3[nH]c4ccccc4c3CCN2C(=O)Nc2ccccc2OC)c1. The fraction of sp³-hybridized carbons (Fsp3) is 0.192. The number of H-pyrrole nitrogens is 1. The smallest absolute Gasteiger partial charge is 0.322 e. The van der Waals surface area contributed by atoms with E-state index < -0.39 is 0 Å². The number of benzene rings is 3. The lowest BCUT2D eigenvalue weighted by Gasteiger charge is -2.36. The van der Waals surface area contributed by atoms with E-state index in [2.05, 4.69) is 28.5 Å². The Bertz CT molecular complexity index is 1280. The predicted molar refractivity (Wildman–Crippen MR) is 126 cm³/mol. The van der Waals surface area contributed by atoms with Gasteiger partial charge in [0.25, 0.3) is 0 Å². The van der Waals surface area contributed by atoms with Crippen LogP contribution in [-0.2, 0) is 6.42 Å². The Morgan fingerprint density at radius 2 is 1.81 bits per heavy atom. The lowest BCUT2D eigenvalue weighted by molar-refractivity contribution is 0.193. The zero-order valence-corrected chi connectivity index (χ0v) is 18.1. The van der Waals surface area contributed by atoms with Crippen molar-refractivity contribution in [1.29, 1.82) is 0 Å². The number of nitrogens with zero attached hydrogens (tertiary/aromatic N) is 1. The van der Waals surface area contributed by atoms with E-state index in [-0.39, 0.29) is 12.1 Å². The van der Waals surface area contributed by atoms with Crippen molar-refractivity contribution in [3.8, 4) is 11.5 Å². The first-order valence-electron chi connectivity index (χ1n) is 10.6. The van der Waals surface area contributed by atoms with Gasteiger partial charge in [0.2, 0.25) is 0 Å². The third kappa shape index (κ3) is 3.43. The molecule has 162 valence electrons. The van der Waals surface area contributed by atoms with Crippen molar-refractivity contribution < 1.29 is 14.3 Å². The second kappa shape index (κ2) is 8.30. The molecule has 1 aromatic heterocycles. The monoisotopic (exact) mass is 427 g/mol. The molecule has 0 unspecified atom stereocenters. The Labute approximate surface area is 186 Å². The van der Waals surface area contributed by atoms with Gasteiger partial charge in [-0.15, -0.1) is 0 Å². The number of nitrogens with one attached hydrogen (secondary N) is 2. The Morgan fingerprint density at radius 3 is 2.66 bits per heavy atom. The van der Waals surface area contributed by atoms with E-state index in [1.807, 2.05) is 59.5 Å². The summed E-state index contributed by atoms with van der Waals surface area (Å²) in [5.41, 5.74) is 5.02. The molecule has 32 heavy (non-hydrogen) atoms. The van der Waals surface area contributed by atoms with Crippen molar-refractivity contribution >= 4 is 22.6 Å². The summed E-state index contributed by atoms with van der Waals surface area (Å²) in [7, 11) is 3.25. The maximum absolute atomic E-state index is 13.5. The molecule has 0 saturated heterocycles. The molecular formula is C26H25N3O3. The highest BCUT2D eigenvalue weighted by Gasteiger charge is 2.35. The molecule has 6 nitrogen and oxygen atoms in total. The van der Waals surface area contributed by atoms with Crippen LogP contribution in [0.5, 0.6) is 11.5 Å². The van der Waals surface area contributed by atoms with E-state index in [1.54, 1.807) is 14.2 Å².